The Morgan fingerprint density at radius 2 is 2.04 bits per heavy atom. The quantitative estimate of drug-likeness (QED) is 0.363. The highest BCUT2D eigenvalue weighted by Gasteiger charge is 2.08. The maximum absolute atomic E-state index is 5.99. The Hall–Kier alpha value is -1.35. The van der Waals surface area contributed by atoms with Crippen molar-refractivity contribution >= 4 is 41.3 Å². The van der Waals surface area contributed by atoms with E-state index < -0.39 is 0 Å². The lowest BCUT2D eigenvalue weighted by Crippen LogP contribution is -2.41. The number of benzene rings is 1. The van der Waals surface area contributed by atoms with Gasteiger partial charge in [0.2, 0.25) is 0 Å². The van der Waals surface area contributed by atoms with Crippen LogP contribution in [0.2, 0.25) is 0 Å². The molecule has 0 spiro atoms. The van der Waals surface area contributed by atoms with Crippen molar-refractivity contribution in [1.82, 2.24) is 15.6 Å². The fourth-order valence-corrected chi connectivity index (χ4v) is 2.86. The van der Waals surface area contributed by atoms with Gasteiger partial charge in [-0.1, -0.05) is 18.2 Å². The van der Waals surface area contributed by atoms with E-state index in [1.807, 2.05) is 30.6 Å². The lowest BCUT2D eigenvalue weighted by Gasteiger charge is -2.18. The van der Waals surface area contributed by atoms with Crippen LogP contribution in [0.5, 0.6) is 5.75 Å². The Kier molecular flexibility index (Phi) is 9.81. The minimum Gasteiger partial charge on any atom is -0.489 e. The zero-order valence-electron chi connectivity index (χ0n) is 15.2. The van der Waals surface area contributed by atoms with E-state index in [0.717, 1.165) is 29.5 Å². The van der Waals surface area contributed by atoms with E-state index in [4.69, 9.17) is 4.74 Å². The third kappa shape index (κ3) is 7.19. The number of hydrogen-bond donors (Lipinski definition) is 2. The Bertz CT molecular complexity index is 675. The molecule has 0 radical (unpaired) electrons. The molecule has 1 heterocycles. The number of aryl methyl sites for hydroxylation is 2. The summed E-state index contributed by atoms with van der Waals surface area (Å²) in [5.41, 5.74) is 4.06. The Morgan fingerprint density at radius 1 is 1.28 bits per heavy atom. The highest BCUT2D eigenvalue weighted by atomic mass is 127. The standard InChI is InChI=1S/C18H26N4OS.HI/c1-5-19-18(21-11-17-15(4)22-12-24-17)20-10-14(3)23-16-9-7-6-8-13(16)2;/h6-9,12,14H,5,10-11H2,1-4H3,(H2,19,20,21);1H. The van der Waals surface area contributed by atoms with Gasteiger partial charge in [-0.05, 0) is 39.3 Å². The molecule has 0 aliphatic rings. The second-order valence-electron chi connectivity index (χ2n) is 5.63. The molecule has 1 unspecified atom stereocenters. The number of rotatable bonds is 7. The smallest absolute Gasteiger partial charge is 0.191 e. The van der Waals surface area contributed by atoms with Crippen molar-refractivity contribution in [1.29, 1.82) is 0 Å². The summed E-state index contributed by atoms with van der Waals surface area (Å²) in [6.07, 6.45) is 0.0418. The van der Waals surface area contributed by atoms with Gasteiger partial charge >= 0.3 is 0 Å². The second-order valence-corrected chi connectivity index (χ2v) is 6.57. The van der Waals surface area contributed by atoms with Gasteiger partial charge in [-0.2, -0.15) is 0 Å². The van der Waals surface area contributed by atoms with E-state index in [9.17, 15) is 0 Å². The molecule has 5 nitrogen and oxygen atoms in total. The number of thiazole rings is 1. The van der Waals surface area contributed by atoms with Gasteiger partial charge in [0.25, 0.3) is 0 Å². The fraction of sp³-hybridized carbons (Fsp3) is 0.444. The number of halogens is 1. The van der Waals surface area contributed by atoms with Gasteiger partial charge < -0.3 is 15.4 Å². The number of ether oxygens (including phenoxy) is 1. The van der Waals surface area contributed by atoms with E-state index in [0.29, 0.717) is 13.1 Å². The number of hydrogen-bond acceptors (Lipinski definition) is 4. The summed E-state index contributed by atoms with van der Waals surface area (Å²) < 4.78 is 5.99. The average Bonchev–Trinajstić information content (AvgIpc) is 2.97. The first-order valence-electron chi connectivity index (χ1n) is 8.23. The van der Waals surface area contributed by atoms with Gasteiger partial charge in [-0.15, -0.1) is 35.3 Å². The van der Waals surface area contributed by atoms with Crippen LogP contribution < -0.4 is 15.4 Å². The van der Waals surface area contributed by atoms with Crippen LogP contribution in [0.25, 0.3) is 0 Å². The van der Waals surface area contributed by atoms with Crippen molar-refractivity contribution in [3.63, 3.8) is 0 Å². The SMILES string of the molecule is CCNC(=NCc1scnc1C)NCC(C)Oc1ccccc1C.I. The number of nitrogens with zero attached hydrogens (tertiary/aromatic N) is 2. The van der Waals surface area contributed by atoms with Crippen LogP contribution in [-0.4, -0.2) is 30.1 Å². The molecule has 0 aliphatic carbocycles. The van der Waals surface area contributed by atoms with Crippen LogP contribution in [0.3, 0.4) is 0 Å². The van der Waals surface area contributed by atoms with Gasteiger partial charge in [-0.3, -0.25) is 0 Å². The van der Waals surface area contributed by atoms with Crippen molar-refractivity contribution in [2.24, 2.45) is 4.99 Å². The summed E-state index contributed by atoms with van der Waals surface area (Å²) in [7, 11) is 0. The molecule has 1 atom stereocenters. The van der Waals surface area contributed by atoms with Crippen molar-refractivity contribution in [3.8, 4) is 5.75 Å². The zero-order valence-corrected chi connectivity index (χ0v) is 18.4. The molecule has 7 heteroatoms. The first-order valence-corrected chi connectivity index (χ1v) is 9.11. The highest BCUT2D eigenvalue weighted by molar-refractivity contribution is 14.0. The van der Waals surface area contributed by atoms with Gasteiger partial charge in [0.05, 0.1) is 24.3 Å². The van der Waals surface area contributed by atoms with E-state index in [1.54, 1.807) is 11.3 Å². The van der Waals surface area contributed by atoms with Crippen molar-refractivity contribution in [2.75, 3.05) is 13.1 Å². The van der Waals surface area contributed by atoms with Crippen LogP contribution in [0.1, 0.15) is 30.0 Å². The van der Waals surface area contributed by atoms with Crippen LogP contribution in [-0.2, 0) is 6.54 Å². The third-order valence-electron chi connectivity index (χ3n) is 3.55. The van der Waals surface area contributed by atoms with Gasteiger partial charge in [-0.25, -0.2) is 9.98 Å². The van der Waals surface area contributed by atoms with Crippen LogP contribution in [0, 0.1) is 13.8 Å². The van der Waals surface area contributed by atoms with Gasteiger partial charge in [0.15, 0.2) is 5.96 Å². The molecule has 0 amide bonds. The first kappa shape index (κ1) is 21.7. The minimum absolute atomic E-state index is 0. The Labute approximate surface area is 171 Å². The number of aliphatic imine (C=N–C) groups is 1. The molecular formula is C18H27IN4OS. The minimum atomic E-state index is 0. The van der Waals surface area contributed by atoms with E-state index >= 15 is 0 Å². The second kappa shape index (κ2) is 11.3. The maximum Gasteiger partial charge on any atom is 0.191 e. The molecule has 2 aromatic rings. The molecule has 0 bridgehead atoms. The Morgan fingerprint density at radius 3 is 2.68 bits per heavy atom. The maximum atomic E-state index is 5.99. The number of para-hydroxylation sites is 1. The highest BCUT2D eigenvalue weighted by Crippen LogP contribution is 2.17. The third-order valence-corrected chi connectivity index (χ3v) is 4.47. The van der Waals surface area contributed by atoms with Gasteiger partial charge in [0, 0.05) is 11.4 Å². The summed E-state index contributed by atoms with van der Waals surface area (Å²) >= 11 is 1.64. The predicted molar refractivity (Wildman–Crippen MR) is 116 cm³/mol. The van der Waals surface area contributed by atoms with Crippen LogP contribution >= 0.6 is 35.3 Å². The summed E-state index contributed by atoms with van der Waals surface area (Å²) in [5, 5.41) is 6.60. The monoisotopic (exact) mass is 474 g/mol. The normalized spacial score (nSPS) is 12.2. The summed E-state index contributed by atoms with van der Waals surface area (Å²) in [4.78, 5) is 10.1. The largest absolute Gasteiger partial charge is 0.489 e. The lowest BCUT2D eigenvalue weighted by molar-refractivity contribution is 0.222. The first-order chi connectivity index (χ1) is 11.6. The number of guanidine groups is 1. The molecule has 2 N–H and O–H groups in total. The molecule has 0 aliphatic heterocycles. The molecule has 138 valence electrons. The van der Waals surface area contributed by atoms with Crippen molar-refractivity contribution < 1.29 is 4.74 Å². The fourth-order valence-electron chi connectivity index (χ4n) is 2.16. The molecule has 1 aromatic heterocycles. The van der Waals surface area contributed by atoms with Crippen molar-refractivity contribution in [2.45, 2.75) is 40.3 Å². The van der Waals surface area contributed by atoms with Crippen LogP contribution in [0.15, 0.2) is 34.8 Å². The molecule has 2 rings (SSSR count). The molecule has 0 saturated heterocycles. The summed E-state index contributed by atoms with van der Waals surface area (Å²) in [6.45, 7) is 10.3. The molecule has 25 heavy (non-hydrogen) atoms. The number of nitrogens with one attached hydrogen (secondary N) is 2. The Balaban J connectivity index is 0.00000312. The molecule has 1 aromatic carbocycles. The topological polar surface area (TPSA) is 58.5 Å². The zero-order chi connectivity index (χ0) is 17.4. The van der Waals surface area contributed by atoms with Crippen molar-refractivity contribution in [3.05, 3.63) is 45.9 Å². The lowest BCUT2D eigenvalue weighted by atomic mass is 10.2. The molecule has 0 saturated carbocycles. The van der Waals surface area contributed by atoms with E-state index in [2.05, 4.69) is 47.4 Å². The van der Waals surface area contributed by atoms with Gasteiger partial charge in [0.1, 0.15) is 11.9 Å². The molecule has 0 fully saturated rings. The number of aromatic nitrogens is 1. The summed E-state index contributed by atoms with van der Waals surface area (Å²) in [5.74, 6) is 1.72. The predicted octanol–water partition coefficient (Wildman–Crippen LogP) is 3.90. The van der Waals surface area contributed by atoms with E-state index in [-0.39, 0.29) is 30.1 Å². The molecular weight excluding hydrogens is 447 g/mol. The summed E-state index contributed by atoms with van der Waals surface area (Å²) in [6, 6.07) is 8.06. The average molecular weight is 474 g/mol. The van der Waals surface area contributed by atoms with E-state index in [1.165, 1.54) is 4.88 Å². The van der Waals surface area contributed by atoms with Crippen LogP contribution in [0.4, 0.5) is 0 Å².